The van der Waals surface area contributed by atoms with Crippen LogP contribution in [0.5, 0.6) is 5.75 Å². The van der Waals surface area contributed by atoms with E-state index < -0.39 is 17.5 Å². The maximum absolute atomic E-state index is 13.2. The first-order valence-electron chi connectivity index (χ1n) is 8.09. The number of hydrogen-bond donors (Lipinski definition) is 1. The van der Waals surface area contributed by atoms with Crippen molar-refractivity contribution in [2.45, 2.75) is 5.03 Å². The minimum atomic E-state index is -1.04. The number of carbonyl (C=O) groups excluding carboxylic acids is 1. The van der Waals surface area contributed by atoms with E-state index in [4.69, 9.17) is 4.74 Å². The standard InChI is InChI=1S/C19H15F2N3O3S/c1-27-14-5-3-13(4-6-14)24-19(26)9-8-18(23-24)28-11-17(25)22-12-2-7-15(20)16(21)10-12/h2-10H,11H2,1H3,(H,22,25). The van der Waals surface area contributed by atoms with E-state index in [2.05, 4.69) is 10.4 Å². The molecule has 9 heteroatoms. The van der Waals surface area contributed by atoms with Crippen molar-refractivity contribution in [1.29, 1.82) is 0 Å². The summed E-state index contributed by atoms with van der Waals surface area (Å²) in [7, 11) is 1.54. The van der Waals surface area contributed by atoms with Crippen LogP contribution in [-0.4, -0.2) is 28.6 Å². The number of nitrogens with one attached hydrogen (secondary N) is 1. The maximum atomic E-state index is 13.2. The summed E-state index contributed by atoms with van der Waals surface area (Å²) in [6, 6.07) is 12.8. The largest absolute Gasteiger partial charge is 0.497 e. The molecule has 6 nitrogen and oxygen atoms in total. The van der Waals surface area contributed by atoms with Gasteiger partial charge in [-0.15, -0.1) is 0 Å². The van der Waals surface area contributed by atoms with Gasteiger partial charge in [0.05, 0.1) is 18.6 Å². The van der Waals surface area contributed by atoms with Gasteiger partial charge >= 0.3 is 0 Å². The Kier molecular flexibility index (Phi) is 6.05. The summed E-state index contributed by atoms with van der Waals surface area (Å²) in [6.45, 7) is 0. The molecule has 0 radical (unpaired) electrons. The maximum Gasteiger partial charge on any atom is 0.271 e. The van der Waals surface area contributed by atoms with E-state index in [1.807, 2.05) is 0 Å². The molecule has 0 aliphatic rings. The number of ether oxygens (including phenoxy) is 1. The van der Waals surface area contributed by atoms with E-state index in [1.165, 1.54) is 22.9 Å². The van der Waals surface area contributed by atoms with Gasteiger partial charge in [0.1, 0.15) is 10.8 Å². The Balaban J connectivity index is 1.68. The number of methoxy groups -OCH3 is 1. The van der Waals surface area contributed by atoms with Crippen molar-refractivity contribution in [3.63, 3.8) is 0 Å². The first kappa shape index (κ1) is 19.6. The number of carbonyl (C=O) groups is 1. The molecule has 0 spiro atoms. The van der Waals surface area contributed by atoms with E-state index >= 15 is 0 Å². The third kappa shape index (κ3) is 4.74. The Morgan fingerprint density at radius 2 is 1.86 bits per heavy atom. The van der Waals surface area contributed by atoms with Gasteiger partial charge in [-0.25, -0.2) is 8.78 Å². The first-order chi connectivity index (χ1) is 13.5. The molecule has 0 atom stereocenters. The fourth-order valence-corrected chi connectivity index (χ4v) is 2.94. The molecule has 0 bridgehead atoms. The lowest BCUT2D eigenvalue weighted by Crippen LogP contribution is -2.20. The van der Waals surface area contributed by atoms with Gasteiger partial charge in [0, 0.05) is 17.8 Å². The number of thioether (sulfide) groups is 1. The van der Waals surface area contributed by atoms with E-state index in [0.717, 1.165) is 23.9 Å². The SMILES string of the molecule is COc1ccc(-n2nc(SCC(=O)Nc3ccc(F)c(F)c3)ccc2=O)cc1. The highest BCUT2D eigenvalue weighted by atomic mass is 32.2. The Labute approximate surface area is 163 Å². The zero-order valence-corrected chi connectivity index (χ0v) is 15.5. The Bertz CT molecular complexity index is 1060. The van der Waals surface area contributed by atoms with Gasteiger partial charge in [-0.3, -0.25) is 9.59 Å². The number of hydrogen-bond acceptors (Lipinski definition) is 5. The highest BCUT2D eigenvalue weighted by Crippen LogP contribution is 2.18. The average molecular weight is 403 g/mol. The first-order valence-corrected chi connectivity index (χ1v) is 9.07. The highest BCUT2D eigenvalue weighted by Gasteiger charge is 2.09. The van der Waals surface area contributed by atoms with Crippen molar-refractivity contribution in [1.82, 2.24) is 9.78 Å². The number of anilines is 1. The lowest BCUT2D eigenvalue weighted by atomic mass is 10.3. The van der Waals surface area contributed by atoms with Crippen LogP contribution in [0.25, 0.3) is 5.69 Å². The smallest absolute Gasteiger partial charge is 0.271 e. The van der Waals surface area contributed by atoms with Gasteiger partial charge in [-0.2, -0.15) is 9.78 Å². The zero-order valence-electron chi connectivity index (χ0n) is 14.7. The van der Waals surface area contributed by atoms with Crippen LogP contribution in [0.15, 0.2) is 64.4 Å². The van der Waals surface area contributed by atoms with Crippen molar-refractivity contribution < 1.29 is 18.3 Å². The molecule has 3 aromatic rings. The molecule has 1 heterocycles. The summed E-state index contributed by atoms with van der Waals surface area (Å²) in [4.78, 5) is 24.1. The minimum absolute atomic E-state index is 0.0210. The number of nitrogens with zero attached hydrogens (tertiary/aromatic N) is 2. The van der Waals surface area contributed by atoms with E-state index in [9.17, 15) is 18.4 Å². The number of benzene rings is 2. The molecule has 0 aliphatic carbocycles. The van der Waals surface area contributed by atoms with Crippen molar-refractivity contribution in [3.05, 3.63) is 76.6 Å². The molecule has 2 aromatic carbocycles. The minimum Gasteiger partial charge on any atom is -0.497 e. The molecule has 0 unspecified atom stereocenters. The second kappa shape index (κ2) is 8.66. The lowest BCUT2D eigenvalue weighted by molar-refractivity contribution is -0.113. The second-order valence-electron chi connectivity index (χ2n) is 5.59. The lowest BCUT2D eigenvalue weighted by Gasteiger charge is -2.08. The van der Waals surface area contributed by atoms with E-state index in [0.29, 0.717) is 16.5 Å². The molecule has 1 amide bonds. The van der Waals surface area contributed by atoms with Crippen LogP contribution >= 0.6 is 11.8 Å². The van der Waals surface area contributed by atoms with Gasteiger partial charge in [-0.1, -0.05) is 11.8 Å². The molecule has 1 aromatic heterocycles. The summed E-state index contributed by atoms with van der Waals surface area (Å²) < 4.78 is 32.4. The van der Waals surface area contributed by atoms with Crippen molar-refractivity contribution in [2.75, 3.05) is 18.2 Å². The Morgan fingerprint density at radius 3 is 2.54 bits per heavy atom. The third-order valence-electron chi connectivity index (χ3n) is 3.65. The fourth-order valence-electron chi connectivity index (χ4n) is 2.29. The quantitative estimate of drug-likeness (QED) is 0.640. The summed E-state index contributed by atoms with van der Waals surface area (Å²) in [5.74, 6) is -1.82. The highest BCUT2D eigenvalue weighted by molar-refractivity contribution is 7.99. The summed E-state index contributed by atoms with van der Waals surface area (Å²) in [5, 5.41) is 7.17. The molecule has 0 aliphatic heterocycles. The Hall–Kier alpha value is -3.20. The normalized spacial score (nSPS) is 10.5. The number of rotatable bonds is 6. The molecule has 144 valence electrons. The van der Waals surface area contributed by atoms with Crippen molar-refractivity contribution in [2.24, 2.45) is 0 Å². The molecular weight excluding hydrogens is 388 g/mol. The molecule has 3 rings (SSSR count). The molecule has 28 heavy (non-hydrogen) atoms. The molecule has 0 saturated carbocycles. The van der Waals surface area contributed by atoms with Crippen molar-refractivity contribution in [3.8, 4) is 11.4 Å². The van der Waals surface area contributed by atoms with Gasteiger partial charge in [-0.05, 0) is 42.5 Å². The zero-order chi connectivity index (χ0) is 20.1. The van der Waals surface area contributed by atoms with Crippen LogP contribution in [0.3, 0.4) is 0 Å². The van der Waals surface area contributed by atoms with Crippen LogP contribution in [-0.2, 0) is 4.79 Å². The fraction of sp³-hybridized carbons (Fsp3) is 0.105. The monoisotopic (exact) mass is 403 g/mol. The van der Waals surface area contributed by atoms with Gasteiger partial charge in [0.25, 0.3) is 5.56 Å². The number of aromatic nitrogens is 2. The van der Waals surface area contributed by atoms with Crippen LogP contribution in [0, 0.1) is 11.6 Å². The summed E-state index contributed by atoms with van der Waals surface area (Å²) in [5.41, 5.74) is 0.390. The van der Waals surface area contributed by atoms with Gasteiger partial charge in [0.15, 0.2) is 11.6 Å². The topological polar surface area (TPSA) is 73.2 Å². The number of amides is 1. The molecule has 0 saturated heterocycles. The van der Waals surface area contributed by atoms with Crippen LogP contribution < -0.4 is 15.6 Å². The van der Waals surface area contributed by atoms with E-state index in [1.54, 1.807) is 31.4 Å². The van der Waals surface area contributed by atoms with Crippen molar-refractivity contribution >= 4 is 23.4 Å². The Morgan fingerprint density at radius 1 is 1.11 bits per heavy atom. The van der Waals surface area contributed by atoms with Crippen LogP contribution in [0.2, 0.25) is 0 Å². The predicted octanol–water partition coefficient (Wildman–Crippen LogP) is 3.25. The summed E-state index contributed by atoms with van der Waals surface area (Å²) >= 11 is 1.10. The second-order valence-corrected chi connectivity index (χ2v) is 6.58. The number of halogens is 2. The molecule has 0 fully saturated rings. The van der Waals surface area contributed by atoms with Crippen LogP contribution in [0.1, 0.15) is 0 Å². The predicted molar refractivity (Wildman–Crippen MR) is 102 cm³/mol. The molecular formula is C19H15F2N3O3S. The summed E-state index contributed by atoms with van der Waals surface area (Å²) in [6.07, 6.45) is 0. The average Bonchev–Trinajstić information content (AvgIpc) is 2.70. The molecule has 1 N–H and O–H groups in total. The third-order valence-corrected chi connectivity index (χ3v) is 4.57. The van der Waals surface area contributed by atoms with Gasteiger partial charge in [0.2, 0.25) is 5.91 Å². The van der Waals surface area contributed by atoms with Crippen LogP contribution in [0.4, 0.5) is 14.5 Å². The van der Waals surface area contributed by atoms with Gasteiger partial charge < -0.3 is 10.1 Å². The van der Waals surface area contributed by atoms with E-state index in [-0.39, 0.29) is 17.0 Å².